The number of benzene rings is 1. The number of amides is 1. The van der Waals surface area contributed by atoms with Crippen molar-refractivity contribution in [1.29, 1.82) is 0 Å². The summed E-state index contributed by atoms with van der Waals surface area (Å²) in [5.41, 5.74) is 3.53. The number of aryl methyl sites for hydroxylation is 1. The third kappa shape index (κ3) is 2.90. The Morgan fingerprint density at radius 3 is 2.52 bits per heavy atom. The molecule has 4 heteroatoms. The van der Waals surface area contributed by atoms with Crippen LogP contribution in [0.1, 0.15) is 47.9 Å². The van der Waals surface area contributed by atoms with Gasteiger partial charge in [-0.3, -0.25) is 4.79 Å². The molecule has 1 atom stereocenters. The largest absolute Gasteiger partial charge is 0.336 e. The molecule has 3 rings (SSSR count). The molecule has 2 heterocycles. The van der Waals surface area contributed by atoms with Gasteiger partial charge in [-0.1, -0.05) is 0 Å². The molecule has 0 N–H and O–H groups in total. The zero-order chi connectivity index (χ0) is 16.6. The van der Waals surface area contributed by atoms with Gasteiger partial charge < -0.3 is 9.47 Å². The Morgan fingerprint density at radius 2 is 1.87 bits per heavy atom. The summed E-state index contributed by atoms with van der Waals surface area (Å²) in [5.74, 6) is -0.145. The molecule has 1 amide bonds. The number of hydrogen-bond acceptors (Lipinski definition) is 1. The lowest BCUT2D eigenvalue weighted by Gasteiger charge is -2.33. The fraction of sp³-hybridized carbons (Fsp3) is 0.421. The number of halogens is 1. The molecule has 1 aromatic heterocycles. The van der Waals surface area contributed by atoms with Crippen molar-refractivity contribution in [2.24, 2.45) is 0 Å². The summed E-state index contributed by atoms with van der Waals surface area (Å²) >= 11 is 0. The Bertz CT molecular complexity index is 718. The highest BCUT2D eigenvalue weighted by Crippen LogP contribution is 2.25. The van der Waals surface area contributed by atoms with Gasteiger partial charge in [0.25, 0.3) is 5.91 Å². The molecular formula is C19H23FN2O. The Balaban J connectivity index is 1.97. The van der Waals surface area contributed by atoms with E-state index in [9.17, 15) is 9.18 Å². The highest BCUT2D eigenvalue weighted by Gasteiger charge is 2.27. The third-order valence-corrected chi connectivity index (χ3v) is 4.81. The van der Waals surface area contributed by atoms with Gasteiger partial charge >= 0.3 is 0 Å². The summed E-state index contributed by atoms with van der Waals surface area (Å²) in [6, 6.07) is 8.62. The van der Waals surface area contributed by atoms with E-state index in [1.807, 2.05) is 29.4 Å². The Kier molecular flexibility index (Phi) is 4.24. The molecule has 0 radical (unpaired) electrons. The minimum absolute atomic E-state index is 0.110. The van der Waals surface area contributed by atoms with Gasteiger partial charge in [0.2, 0.25) is 0 Å². The van der Waals surface area contributed by atoms with Crippen LogP contribution in [0.15, 0.2) is 30.3 Å². The average molecular weight is 314 g/mol. The number of hydrogen-bond donors (Lipinski definition) is 0. The van der Waals surface area contributed by atoms with Crippen LogP contribution in [0, 0.1) is 19.7 Å². The summed E-state index contributed by atoms with van der Waals surface area (Å²) in [4.78, 5) is 14.9. The number of carbonyl (C=O) groups excluding carboxylic acids is 1. The van der Waals surface area contributed by atoms with Crippen molar-refractivity contribution in [3.8, 4) is 5.69 Å². The minimum atomic E-state index is -0.255. The van der Waals surface area contributed by atoms with Crippen LogP contribution in [0.3, 0.4) is 0 Å². The summed E-state index contributed by atoms with van der Waals surface area (Å²) in [6.45, 7) is 6.89. The summed E-state index contributed by atoms with van der Waals surface area (Å²) < 4.78 is 15.2. The molecule has 1 aliphatic heterocycles. The fourth-order valence-electron chi connectivity index (χ4n) is 3.52. The molecule has 2 aromatic rings. The van der Waals surface area contributed by atoms with E-state index in [1.165, 1.54) is 18.6 Å². The summed E-state index contributed by atoms with van der Waals surface area (Å²) in [5, 5.41) is 0. The van der Waals surface area contributed by atoms with Gasteiger partial charge in [0.15, 0.2) is 0 Å². The zero-order valence-corrected chi connectivity index (χ0v) is 14.0. The summed E-state index contributed by atoms with van der Waals surface area (Å²) in [6.07, 6.45) is 3.34. The van der Waals surface area contributed by atoms with E-state index in [-0.39, 0.29) is 11.7 Å². The topological polar surface area (TPSA) is 25.2 Å². The molecular weight excluding hydrogens is 291 g/mol. The maximum absolute atomic E-state index is 13.2. The number of carbonyl (C=O) groups is 1. The standard InChI is InChI=1S/C19H23FN2O/c1-13-6-4-5-11-21(13)19(23)18-12-14(2)22(15(18)3)17-9-7-16(20)8-10-17/h7-10,12-13H,4-6,11H2,1-3H3/t13-/m0/s1. The predicted octanol–water partition coefficient (Wildman–Crippen LogP) is 4.25. The molecule has 0 unspecified atom stereocenters. The van der Waals surface area contributed by atoms with Crippen LogP contribution >= 0.6 is 0 Å². The molecule has 3 nitrogen and oxygen atoms in total. The lowest BCUT2D eigenvalue weighted by Crippen LogP contribution is -2.42. The third-order valence-electron chi connectivity index (χ3n) is 4.81. The fourth-order valence-corrected chi connectivity index (χ4v) is 3.52. The number of rotatable bonds is 2. The molecule has 1 aliphatic rings. The first-order valence-corrected chi connectivity index (χ1v) is 8.25. The van der Waals surface area contributed by atoms with Gasteiger partial charge in [-0.2, -0.15) is 0 Å². The molecule has 1 fully saturated rings. The van der Waals surface area contributed by atoms with E-state index in [0.717, 1.165) is 42.0 Å². The van der Waals surface area contributed by atoms with Gasteiger partial charge in [-0.25, -0.2) is 4.39 Å². The lowest BCUT2D eigenvalue weighted by molar-refractivity contribution is 0.0635. The summed E-state index contributed by atoms with van der Waals surface area (Å²) in [7, 11) is 0. The van der Waals surface area contributed by atoms with Crippen molar-refractivity contribution < 1.29 is 9.18 Å². The first kappa shape index (κ1) is 15.8. The molecule has 1 saturated heterocycles. The monoisotopic (exact) mass is 314 g/mol. The van der Waals surface area contributed by atoms with Crippen LogP contribution in [0.2, 0.25) is 0 Å². The second-order valence-corrected chi connectivity index (χ2v) is 6.44. The van der Waals surface area contributed by atoms with Crippen molar-refractivity contribution >= 4 is 5.91 Å². The van der Waals surface area contributed by atoms with Crippen LogP contribution in [0.4, 0.5) is 4.39 Å². The van der Waals surface area contributed by atoms with Crippen LogP contribution in [-0.2, 0) is 0 Å². The molecule has 0 spiro atoms. The number of likely N-dealkylation sites (tertiary alicyclic amines) is 1. The minimum Gasteiger partial charge on any atom is -0.336 e. The van der Waals surface area contributed by atoms with Crippen molar-refractivity contribution in [1.82, 2.24) is 9.47 Å². The van der Waals surface area contributed by atoms with E-state index in [0.29, 0.717) is 6.04 Å². The first-order valence-electron chi connectivity index (χ1n) is 8.25. The highest BCUT2D eigenvalue weighted by atomic mass is 19.1. The van der Waals surface area contributed by atoms with Crippen LogP contribution < -0.4 is 0 Å². The van der Waals surface area contributed by atoms with Crippen molar-refractivity contribution in [2.45, 2.75) is 46.1 Å². The van der Waals surface area contributed by atoms with Gasteiger partial charge in [0, 0.05) is 29.7 Å². The Morgan fingerprint density at radius 1 is 1.17 bits per heavy atom. The van der Waals surface area contributed by atoms with Gasteiger partial charge in [0.05, 0.1) is 5.56 Å². The van der Waals surface area contributed by atoms with Crippen LogP contribution in [0.25, 0.3) is 5.69 Å². The van der Waals surface area contributed by atoms with E-state index in [2.05, 4.69) is 6.92 Å². The molecule has 0 bridgehead atoms. The molecule has 122 valence electrons. The molecule has 1 aromatic carbocycles. The number of aromatic nitrogens is 1. The van der Waals surface area contributed by atoms with Gasteiger partial charge in [-0.15, -0.1) is 0 Å². The maximum Gasteiger partial charge on any atom is 0.255 e. The van der Waals surface area contributed by atoms with Gasteiger partial charge in [0.1, 0.15) is 5.82 Å². The molecule has 0 saturated carbocycles. The van der Waals surface area contributed by atoms with E-state index in [1.54, 1.807) is 12.1 Å². The van der Waals surface area contributed by atoms with E-state index >= 15 is 0 Å². The zero-order valence-electron chi connectivity index (χ0n) is 14.0. The first-order chi connectivity index (χ1) is 11.0. The van der Waals surface area contributed by atoms with Crippen molar-refractivity contribution in [3.63, 3.8) is 0 Å². The second kappa shape index (κ2) is 6.19. The Labute approximate surface area is 136 Å². The average Bonchev–Trinajstić information content (AvgIpc) is 2.83. The lowest BCUT2D eigenvalue weighted by atomic mass is 10.0. The smallest absolute Gasteiger partial charge is 0.255 e. The van der Waals surface area contributed by atoms with E-state index in [4.69, 9.17) is 0 Å². The Hall–Kier alpha value is -2.10. The highest BCUT2D eigenvalue weighted by molar-refractivity contribution is 5.96. The quantitative estimate of drug-likeness (QED) is 0.813. The maximum atomic E-state index is 13.2. The second-order valence-electron chi connectivity index (χ2n) is 6.44. The van der Waals surface area contributed by atoms with Gasteiger partial charge in [-0.05, 0) is 70.4 Å². The van der Waals surface area contributed by atoms with Crippen molar-refractivity contribution in [2.75, 3.05) is 6.54 Å². The predicted molar refractivity (Wildman–Crippen MR) is 89.6 cm³/mol. The number of nitrogens with zero attached hydrogens (tertiary/aromatic N) is 2. The van der Waals surface area contributed by atoms with Crippen LogP contribution in [0.5, 0.6) is 0 Å². The van der Waals surface area contributed by atoms with E-state index < -0.39 is 0 Å². The number of piperidine rings is 1. The molecule has 23 heavy (non-hydrogen) atoms. The SMILES string of the molecule is Cc1cc(C(=O)N2CCCC[C@@H]2C)c(C)n1-c1ccc(F)cc1. The van der Waals surface area contributed by atoms with Crippen LogP contribution in [-0.4, -0.2) is 28.0 Å². The molecule has 0 aliphatic carbocycles. The van der Waals surface area contributed by atoms with Crippen molar-refractivity contribution in [3.05, 3.63) is 53.1 Å². The normalized spacial score (nSPS) is 18.3.